The minimum atomic E-state index is -0.245. The summed E-state index contributed by atoms with van der Waals surface area (Å²) in [6.45, 7) is 2.06. The molecule has 5 heteroatoms. The van der Waals surface area contributed by atoms with Gasteiger partial charge in [-0.1, -0.05) is 30.3 Å². The van der Waals surface area contributed by atoms with Crippen molar-refractivity contribution in [3.05, 3.63) is 35.9 Å². The van der Waals surface area contributed by atoms with Crippen LogP contribution in [0, 0.1) is 0 Å². The zero-order chi connectivity index (χ0) is 13.9. The van der Waals surface area contributed by atoms with E-state index >= 15 is 0 Å². The summed E-state index contributed by atoms with van der Waals surface area (Å²) in [6.07, 6.45) is 2.75. The molecule has 0 spiro atoms. The van der Waals surface area contributed by atoms with E-state index in [1.807, 2.05) is 23.1 Å². The summed E-state index contributed by atoms with van der Waals surface area (Å²) in [6, 6.07) is 10.3. The van der Waals surface area contributed by atoms with Crippen LogP contribution in [0.4, 0.5) is 0 Å². The molecule has 0 bridgehead atoms. The molecule has 3 atom stereocenters. The number of ether oxygens (including phenoxy) is 1. The van der Waals surface area contributed by atoms with Gasteiger partial charge in [0.05, 0.1) is 0 Å². The van der Waals surface area contributed by atoms with Crippen molar-refractivity contribution in [3.8, 4) is 0 Å². The number of likely N-dealkylation sites (tertiary alicyclic amines) is 1. The van der Waals surface area contributed by atoms with Gasteiger partial charge in [-0.15, -0.1) is 12.4 Å². The highest BCUT2D eigenvalue weighted by atomic mass is 35.5. The molecular formula is C16H23ClN2O2. The van der Waals surface area contributed by atoms with Gasteiger partial charge in [0, 0.05) is 31.7 Å². The zero-order valence-electron chi connectivity index (χ0n) is 12.1. The molecular weight excluding hydrogens is 288 g/mol. The van der Waals surface area contributed by atoms with Crippen molar-refractivity contribution >= 4 is 18.3 Å². The molecule has 1 unspecified atom stereocenters. The average molecular weight is 311 g/mol. The van der Waals surface area contributed by atoms with Crippen LogP contribution >= 0.6 is 12.4 Å². The Balaban J connectivity index is 0.00000161. The summed E-state index contributed by atoms with van der Waals surface area (Å²) in [7, 11) is 0. The second-order valence-electron chi connectivity index (χ2n) is 5.78. The number of hydrogen-bond acceptors (Lipinski definition) is 3. The van der Waals surface area contributed by atoms with Crippen LogP contribution < -0.4 is 5.73 Å². The number of amides is 1. The maximum Gasteiger partial charge on any atom is 0.251 e. The molecule has 2 N–H and O–H groups in total. The Morgan fingerprint density at radius 2 is 1.95 bits per heavy atom. The topological polar surface area (TPSA) is 55.6 Å². The molecule has 3 rings (SSSR count). The third-order valence-electron chi connectivity index (χ3n) is 4.36. The molecule has 0 radical (unpaired) electrons. The molecule has 116 valence electrons. The first-order chi connectivity index (χ1) is 9.75. The van der Waals surface area contributed by atoms with E-state index in [4.69, 9.17) is 10.5 Å². The number of benzene rings is 1. The van der Waals surface area contributed by atoms with E-state index in [1.165, 1.54) is 5.56 Å². The van der Waals surface area contributed by atoms with Crippen LogP contribution in [0.25, 0.3) is 0 Å². The van der Waals surface area contributed by atoms with E-state index in [1.54, 1.807) is 0 Å². The Labute approximate surface area is 132 Å². The molecule has 2 heterocycles. The largest absolute Gasteiger partial charge is 0.368 e. The number of halogens is 1. The number of rotatable bonds is 2. The van der Waals surface area contributed by atoms with Gasteiger partial charge in [-0.25, -0.2) is 0 Å². The lowest BCUT2D eigenvalue weighted by molar-refractivity contribution is -0.145. The van der Waals surface area contributed by atoms with Gasteiger partial charge in [-0.3, -0.25) is 4.79 Å². The third kappa shape index (κ3) is 3.57. The number of hydrogen-bond donors (Lipinski definition) is 1. The normalized spacial score (nSPS) is 29.0. The predicted molar refractivity (Wildman–Crippen MR) is 84.6 cm³/mol. The summed E-state index contributed by atoms with van der Waals surface area (Å²) in [5, 5.41) is 0. The molecule has 0 aliphatic carbocycles. The lowest BCUT2D eigenvalue weighted by Crippen LogP contribution is -2.41. The van der Waals surface area contributed by atoms with E-state index < -0.39 is 0 Å². The maximum absolute atomic E-state index is 12.5. The Hall–Kier alpha value is -1.10. The molecule has 1 aromatic carbocycles. The highest BCUT2D eigenvalue weighted by Crippen LogP contribution is 2.28. The van der Waals surface area contributed by atoms with Crippen molar-refractivity contribution in [3.63, 3.8) is 0 Å². The highest BCUT2D eigenvalue weighted by Gasteiger charge is 2.37. The van der Waals surface area contributed by atoms with E-state index in [2.05, 4.69) is 12.1 Å². The van der Waals surface area contributed by atoms with Crippen molar-refractivity contribution < 1.29 is 9.53 Å². The Kier molecular flexibility index (Phi) is 5.62. The molecule has 4 nitrogen and oxygen atoms in total. The number of carbonyl (C=O) groups excluding carboxylic acids is 1. The molecule has 2 aliphatic heterocycles. The average Bonchev–Trinajstić information content (AvgIpc) is 2.90. The van der Waals surface area contributed by atoms with Crippen LogP contribution in [-0.4, -0.2) is 42.6 Å². The van der Waals surface area contributed by atoms with Gasteiger partial charge in [0.2, 0.25) is 0 Å². The molecule has 2 saturated heterocycles. The van der Waals surface area contributed by atoms with E-state index in [-0.39, 0.29) is 36.4 Å². The molecule has 1 amide bonds. The Bertz CT molecular complexity index is 463. The van der Waals surface area contributed by atoms with Crippen molar-refractivity contribution in [2.75, 3.05) is 19.7 Å². The lowest BCUT2D eigenvalue weighted by Gasteiger charge is -2.26. The maximum atomic E-state index is 12.5. The van der Waals surface area contributed by atoms with Gasteiger partial charge < -0.3 is 15.4 Å². The fourth-order valence-corrected chi connectivity index (χ4v) is 3.20. The fourth-order valence-electron chi connectivity index (χ4n) is 3.20. The number of nitrogens with two attached hydrogens (primary N) is 1. The summed E-state index contributed by atoms with van der Waals surface area (Å²) in [5.41, 5.74) is 7.46. The summed E-state index contributed by atoms with van der Waals surface area (Å²) in [4.78, 5) is 14.4. The van der Waals surface area contributed by atoms with Crippen LogP contribution in [0.15, 0.2) is 30.3 Å². The molecule has 2 aliphatic rings. The number of carbonyl (C=O) groups is 1. The number of nitrogens with zero attached hydrogens (tertiary/aromatic N) is 1. The molecule has 0 saturated carbocycles. The van der Waals surface area contributed by atoms with Crippen molar-refractivity contribution in [2.45, 2.75) is 37.3 Å². The standard InChI is InChI=1S/C16H22N2O2.ClH/c17-14-11-18(16(19)15-8-4-5-9-20-15)10-13(14)12-6-2-1-3-7-12;/h1-3,6-7,13-15H,4-5,8-11,17H2;1H/t13-,14+,15?;/m0./s1. The second-order valence-corrected chi connectivity index (χ2v) is 5.78. The third-order valence-corrected chi connectivity index (χ3v) is 4.36. The Morgan fingerprint density at radius 3 is 2.62 bits per heavy atom. The van der Waals surface area contributed by atoms with Gasteiger partial charge >= 0.3 is 0 Å². The minimum Gasteiger partial charge on any atom is -0.368 e. The van der Waals surface area contributed by atoms with E-state index in [0.29, 0.717) is 19.7 Å². The van der Waals surface area contributed by atoms with Crippen molar-refractivity contribution in [1.29, 1.82) is 0 Å². The van der Waals surface area contributed by atoms with Crippen LogP contribution in [0.3, 0.4) is 0 Å². The summed E-state index contributed by atoms with van der Waals surface area (Å²) in [5.74, 6) is 0.363. The quantitative estimate of drug-likeness (QED) is 0.908. The molecule has 2 fully saturated rings. The molecule has 21 heavy (non-hydrogen) atoms. The van der Waals surface area contributed by atoms with Gasteiger partial charge in [0.25, 0.3) is 5.91 Å². The first-order valence-corrected chi connectivity index (χ1v) is 7.46. The van der Waals surface area contributed by atoms with Crippen molar-refractivity contribution in [1.82, 2.24) is 4.90 Å². The van der Waals surface area contributed by atoms with Gasteiger partial charge in [0.15, 0.2) is 0 Å². The highest BCUT2D eigenvalue weighted by molar-refractivity contribution is 5.85. The van der Waals surface area contributed by atoms with E-state index in [0.717, 1.165) is 19.3 Å². The van der Waals surface area contributed by atoms with Gasteiger partial charge in [-0.2, -0.15) is 0 Å². The van der Waals surface area contributed by atoms with Crippen LogP contribution in [0.1, 0.15) is 30.7 Å². The minimum absolute atomic E-state index is 0. The lowest BCUT2D eigenvalue weighted by atomic mass is 9.95. The smallest absolute Gasteiger partial charge is 0.251 e. The van der Waals surface area contributed by atoms with Crippen LogP contribution in [0.5, 0.6) is 0 Å². The zero-order valence-corrected chi connectivity index (χ0v) is 12.9. The predicted octanol–water partition coefficient (Wildman–Crippen LogP) is 1.93. The van der Waals surface area contributed by atoms with Crippen molar-refractivity contribution in [2.24, 2.45) is 5.73 Å². The first-order valence-electron chi connectivity index (χ1n) is 7.46. The molecule has 1 aromatic rings. The Morgan fingerprint density at radius 1 is 1.19 bits per heavy atom. The monoisotopic (exact) mass is 310 g/mol. The van der Waals surface area contributed by atoms with Crippen LogP contribution in [-0.2, 0) is 9.53 Å². The van der Waals surface area contributed by atoms with E-state index in [9.17, 15) is 4.79 Å². The first kappa shape index (κ1) is 16.3. The molecule has 0 aromatic heterocycles. The second kappa shape index (κ2) is 7.25. The SMILES string of the molecule is Cl.N[C@@H]1CN(C(=O)C2CCCCO2)C[C@H]1c1ccccc1. The summed E-state index contributed by atoms with van der Waals surface area (Å²) >= 11 is 0. The fraction of sp³-hybridized carbons (Fsp3) is 0.562. The van der Waals surface area contributed by atoms with Crippen LogP contribution in [0.2, 0.25) is 0 Å². The summed E-state index contributed by atoms with van der Waals surface area (Å²) < 4.78 is 5.60. The van der Waals surface area contributed by atoms with Gasteiger partial charge in [-0.05, 0) is 24.8 Å². The van der Waals surface area contributed by atoms with Gasteiger partial charge in [0.1, 0.15) is 6.10 Å².